The van der Waals surface area contributed by atoms with Crippen molar-refractivity contribution in [2.75, 3.05) is 13.2 Å². The number of pyridine rings is 1. The van der Waals surface area contributed by atoms with E-state index in [9.17, 15) is 4.79 Å². The number of carbonyl (C=O) groups excluding carboxylic acids is 1. The molecular formula is C22H27ClN4O3S. The van der Waals surface area contributed by atoms with Gasteiger partial charge in [-0.2, -0.15) is 0 Å². The van der Waals surface area contributed by atoms with Crippen LogP contribution in [0.1, 0.15) is 26.5 Å². The smallest absolute Gasteiger partial charge is 0.404 e. The SMILES string of the molecule is CC(C)C1=C(Sc2cccc(Cl)c2)N(Cc2ccccn2)C(C)(OCCOC(N)=O)N1. The molecule has 0 radical (unpaired) electrons. The number of ether oxygens (including phenoxy) is 2. The third-order valence-corrected chi connectivity index (χ3v) is 6.06. The van der Waals surface area contributed by atoms with Crippen LogP contribution in [-0.4, -0.2) is 35.0 Å². The number of nitrogens with one attached hydrogen (secondary N) is 1. The van der Waals surface area contributed by atoms with Gasteiger partial charge in [0.1, 0.15) is 6.61 Å². The summed E-state index contributed by atoms with van der Waals surface area (Å²) in [5.41, 5.74) is 7.02. The van der Waals surface area contributed by atoms with Gasteiger partial charge in [0.2, 0.25) is 5.85 Å². The van der Waals surface area contributed by atoms with Crippen molar-refractivity contribution in [1.29, 1.82) is 0 Å². The van der Waals surface area contributed by atoms with Crippen LogP contribution in [0.15, 0.2) is 64.3 Å². The Morgan fingerprint density at radius 2 is 2.10 bits per heavy atom. The fraction of sp³-hybridized carbons (Fsp3) is 0.364. The molecule has 1 unspecified atom stereocenters. The number of hydrogen-bond donors (Lipinski definition) is 2. The Hall–Kier alpha value is -2.42. The average molecular weight is 463 g/mol. The lowest BCUT2D eigenvalue weighted by atomic mass is 10.1. The highest BCUT2D eigenvalue weighted by atomic mass is 35.5. The van der Waals surface area contributed by atoms with Gasteiger partial charge in [-0.25, -0.2) is 4.79 Å². The summed E-state index contributed by atoms with van der Waals surface area (Å²) in [7, 11) is 0. The van der Waals surface area contributed by atoms with E-state index in [4.69, 9.17) is 26.8 Å². The second kappa shape index (κ2) is 10.3. The molecule has 0 bridgehead atoms. The van der Waals surface area contributed by atoms with Crippen LogP contribution < -0.4 is 11.1 Å². The maximum Gasteiger partial charge on any atom is 0.404 e. The molecule has 7 nitrogen and oxygen atoms in total. The molecule has 166 valence electrons. The Labute approximate surface area is 191 Å². The Morgan fingerprint density at radius 1 is 1.29 bits per heavy atom. The van der Waals surface area contributed by atoms with Crippen LogP contribution in [0.4, 0.5) is 4.79 Å². The Kier molecular flexibility index (Phi) is 7.69. The summed E-state index contributed by atoms with van der Waals surface area (Å²) in [6.07, 6.45) is 0.950. The highest BCUT2D eigenvalue weighted by molar-refractivity contribution is 8.03. The summed E-state index contributed by atoms with van der Waals surface area (Å²) in [4.78, 5) is 18.5. The van der Waals surface area contributed by atoms with Crippen molar-refractivity contribution in [1.82, 2.24) is 15.2 Å². The van der Waals surface area contributed by atoms with Gasteiger partial charge in [-0.1, -0.05) is 49.3 Å². The van der Waals surface area contributed by atoms with Crippen molar-refractivity contribution in [3.63, 3.8) is 0 Å². The van der Waals surface area contributed by atoms with Crippen LogP contribution in [0.5, 0.6) is 0 Å². The molecule has 1 aromatic carbocycles. The minimum Gasteiger partial charge on any atom is -0.447 e. The van der Waals surface area contributed by atoms with Gasteiger partial charge >= 0.3 is 6.09 Å². The number of allylic oxidation sites excluding steroid dienone is 1. The summed E-state index contributed by atoms with van der Waals surface area (Å²) < 4.78 is 11.0. The van der Waals surface area contributed by atoms with Gasteiger partial charge in [-0.15, -0.1) is 0 Å². The van der Waals surface area contributed by atoms with Crippen LogP contribution in [0.25, 0.3) is 0 Å². The maximum absolute atomic E-state index is 10.9. The molecule has 0 aliphatic carbocycles. The van der Waals surface area contributed by atoms with Gasteiger partial charge < -0.3 is 25.4 Å². The molecule has 0 saturated carbocycles. The standard InChI is InChI=1S/C22H27ClN4O3S/c1-15(2)19-20(31-18-9-6-7-16(23)13-18)27(14-17-8-4-5-10-25-17)22(3,26-19)30-12-11-29-21(24)28/h4-10,13,15,26H,11-12,14H2,1-3H3,(H2,24,28). The van der Waals surface area contributed by atoms with Crippen LogP contribution >= 0.6 is 23.4 Å². The van der Waals surface area contributed by atoms with E-state index in [0.717, 1.165) is 21.3 Å². The van der Waals surface area contributed by atoms with Gasteiger partial charge in [0.05, 0.1) is 23.9 Å². The number of aromatic nitrogens is 1. The molecule has 1 aliphatic heterocycles. The van der Waals surface area contributed by atoms with Crippen molar-refractivity contribution in [3.05, 3.63) is 70.1 Å². The van der Waals surface area contributed by atoms with E-state index < -0.39 is 11.9 Å². The number of rotatable bonds is 9. The molecule has 2 heterocycles. The summed E-state index contributed by atoms with van der Waals surface area (Å²) in [6.45, 7) is 6.99. The quantitative estimate of drug-likeness (QED) is 0.528. The van der Waals surface area contributed by atoms with E-state index in [1.807, 2.05) is 49.4 Å². The summed E-state index contributed by atoms with van der Waals surface area (Å²) in [5.74, 6) is -0.640. The van der Waals surface area contributed by atoms with Crippen molar-refractivity contribution < 1.29 is 14.3 Å². The number of halogens is 1. The number of benzene rings is 1. The molecule has 31 heavy (non-hydrogen) atoms. The van der Waals surface area contributed by atoms with Crippen LogP contribution in [0.2, 0.25) is 5.02 Å². The second-order valence-corrected chi connectivity index (χ2v) is 8.96. The van der Waals surface area contributed by atoms with Crippen LogP contribution in [0.3, 0.4) is 0 Å². The average Bonchev–Trinajstić information content (AvgIpc) is 2.99. The normalized spacial score (nSPS) is 18.4. The summed E-state index contributed by atoms with van der Waals surface area (Å²) in [6, 6.07) is 13.6. The first-order chi connectivity index (χ1) is 14.8. The Balaban J connectivity index is 1.91. The van der Waals surface area contributed by atoms with E-state index in [2.05, 4.69) is 29.0 Å². The molecule has 2 aromatic rings. The van der Waals surface area contributed by atoms with Crippen molar-refractivity contribution >= 4 is 29.5 Å². The van der Waals surface area contributed by atoms with Gasteiger partial charge in [-0.3, -0.25) is 4.98 Å². The zero-order valence-corrected chi connectivity index (χ0v) is 19.4. The number of carbonyl (C=O) groups is 1. The Morgan fingerprint density at radius 3 is 2.74 bits per heavy atom. The molecule has 0 saturated heterocycles. The number of amides is 1. The minimum atomic E-state index is -0.862. The summed E-state index contributed by atoms with van der Waals surface area (Å²) >= 11 is 7.84. The van der Waals surface area contributed by atoms with E-state index in [1.54, 1.807) is 18.0 Å². The lowest BCUT2D eigenvalue weighted by Gasteiger charge is -2.37. The van der Waals surface area contributed by atoms with Gasteiger partial charge in [-0.05, 0) is 36.2 Å². The largest absolute Gasteiger partial charge is 0.447 e. The number of primary amides is 1. The molecule has 1 amide bonds. The molecule has 3 rings (SSSR count). The molecule has 1 aliphatic rings. The zero-order valence-electron chi connectivity index (χ0n) is 17.8. The first kappa shape index (κ1) is 23.2. The molecule has 9 heteroatoms. The van der Waals surface area contributed by atoms with Crippen molar-refractivity contribution in [2.45, 2.75) is 38.1 Å². The fourth-order valence-electron chi connectivity index (χ4n) is 3.23. The molecule has 3 N–H and O–H groups in total. The maximum atomic E-state index is 10.9. The highest BCUT2D eigenvalue weighted by Gasteiger charge is 2.43. The van der Waals surface area contributed by atoms with Crippen molar-refractivity contribution in [2.24, 2.45) is 11.7 Å². The third-order valence-electron chi connectivity index (χ3n) is 4.70. The highest BCUT2D eigenvalue weighted by Crippen LogP contribution is 2.43. The van der Waals surface area contributed by atoms with Gasteiger partial charge in [0, 0.05) is 28.7 Å². The van der Waals surface area contributed by atoms with Gasteiger partial charge in [0.25, 0.3) is 0 Å². The number of hydrogen-bond acceptors (Lipinski definition) is 7. The molecule has 1 aromatic heterocycles. The topological polar surface area (TPSA) is 89.7 Å². The number of thioether (sulfide) groups is 1. The number of nitrogens with zero attached hydrogens (tertiary/aromatic N) is 2. The van der Waals surface area contributed by atoms with Crippen LogP contribution in [0, 0.1) is 5.92 Å². The first-order valence-electron chi connectivity index (χ1n) is 9.98. The van der Waals surface area contributed by atoms with E-state index >= 15 is 0 Å². The van der Waals surface area contributed by atoms with E-state index in [1.165, 1.54) is 0 Å². The van der Waals surface area contributed by atoms with Crippen LogP contribution in [-0.2, 0) is 16.0 Å². The second-order valence-electron chi connectivity index (χ2n) is 7.46. The first-order valence-corrected chi connectivity index (χ1v) is 11.2. The van der Waals surface area contributed by atoms with Crippen molar-refractivity contribution in [3.8, 4) is 0 Å². The Bertz CT molecular complexity index is 941. The molecular weight excluding hydrogens is 436 g/mol. The lowest BCUT2D eigenvalue weighted by molar-refractivity contribution is -0.142. The van der Waals surface area contributed by atoms with Gasteiger partial charge in [0.15, 0.2) is 0 Å². The minimum absolute atomic E-state index is 0.0673. The fourth-order valence-corrected chi connectivity index (χ4v) is 4.78. The predicted molar refractivity (Wildman–Crippen MR) is 122 cm³/mol. The van der Waals surface area contributed by atoms with E-state index in [-0.39, 0.29) is 19.1 Å². The predicted octanol–water partition coefficient (Wildman–Crippen LogP) is 4.54. The molecule has 0 fully saturated rings. The molecule has 1 atom stereocenters. The number of nitrogens with two attached hydrogens (primary N) is 1. The van der Waals surface area contributed by atoms with E-state index in [0.29, 0.717) is 11.6 Å². The lowest BCUT2D eigenvalue weighted by Crippen LogP contribution is -2.52. The molecule has 0 spiro atoms. The summed E-state index contributed by atoms with van der Waals surface area (Å²) in [5, 5.41) is 5.25. The monoisotopic (exact) mass is 462 g/mol. The third kappa shape index (κ3) is 6.06. The zero-order chi connectivity index (χ0) is 22.4.